The molecule has 8 nitrogen and oxygen atoms in total. The van der Waals surface area contributed by atoms with Crippen LogP contribution in [0, 0.1) is 6.92 Å². The zero-order valence-electron chi connectivity index (χ0n) is 20.8. The standard InChI is InChI=1S/C27H32N4O4S/c1-19-6-4-5-7-23(19)25(18-26(29-33)24-12-15-28-30(2)27(24)32)22-10-8-20(9-11-22)21-13-16-31(17-14-21)36(3,34)35/h4-12,15,21,25,33H,13-14,16-18H2,1-3H3/b29-26+/t25-/m1/s1. The Morgan fingerprint density at radius 1 is 1.11 bits per heavy atom. The Bertz CT molecular complexity index is 1410. The summed E-state index contributed by atoms with van der Waals surface area (Å²) in [7, 11) is -1.58. The number of hydrogen-bond donors (Lipinski definition) is 1. The van der Waals surface area contributed by atoms with Gasteiger partial charge in [-0.2, -0.15) is 5.10 Å². The van der Waals surface area contributed by atoms with E-state index < -0.39 is 10.0 Å². The number of sulfonamides is 1. The van der Waals surface area contributed by atoms with Crippen molar-refractivity contribution in [3.8, 4) is 0 Å². The third kappa shape index (κ3) is 5.57. The van der Waals surface area contributed by atoms with Crippen LogP contribution < -0.4 is 5.56 Å². The van der Waals surface area contributed by atoms with Gasteiger partial charge in [0.2, 0.25) is 10.0 Å². The lowest BCUT2D eigenvalue weighted by molar-refractivity contribution is 0.317. The summed E-state index contributed by atoms with van der Waals surface area (Å²) in [4.78, 5) is 12.7. The zero-order chi connectivity index (χ0) is 25.9. The highest BCUT2D eigenvalue weighted by Crippen LogP contribution is 2.34. The quantitative estimate of drug-likeness (QED) is 0.298. The molecule has 1 N–H and O–H groups in total. The highest BCUT2D eigenvalue weighted by atomic mass is 32.2. The lowest BCUT2D eigenvalue weighted by Crippen LogP contribution is -2.37. The van der Waals surface area contributed by atoms with Gasteiger partial charge in [-0.1, -0.05) is 53.7 Å². The van der Waals surface area contributed by atoms with Crippen LogP contribution in [0.3, 0.4) is 0 Å². The molecule has 2 aromatic carbocycles. The fourth-order valence-electron chi connectivity index (χ4n) is 5.03. The minimum Gasteiger partial charge on any atom is -0.411 e. The second kappa shape index (κ2) is 10.8. The van der Waals surface area contributed by atoms with Gasteiger partial charge < -0.3 is 5.21 Å². The van der Waals surface area contributed by atoms with Gasteiger partial charge in [0.15, 0.2) is 0 Å². The summed E-state index contributed by atoms with van der Waals surface area (Å²) in [5, 5.41) is 17.4. The minimum absolute atomic E-state index is 0.129. The molecule has 1 saturated heterocycles. The third-order valence-corrected chi connectivity index (χ3v) is 8.43. The Kier molecular flexibility index (Phi) is 7.70. The maximum Gasteiger partial charge on any atom is 0.275 e. The normalized spacial score (nSPS) is 16.7. The van der Waals surface area contributed by atoms with E-state index in [1.165, 1.54) is 22.7 Å². The van der Waals surface area contributed by atoms with Crippen LogP contribution in [0.4, 0.5) is 0 Å². The molecular formula is C27H32N4O4S. The molecule has 9 heteroatoms. The van der Waals surface area contributed by atoms with E-state index >= 15 is 0 Å². The molecule has 0 aliphatic carbocycles. The van der Waals surface area contributed by atoms with Gasteiger partial charge in [-0.25, -0.2) is 17.4 Å². The van der Waals surface area contributed by atoms with E-state index in [9.17, 15) is 18.4 Å². The largest absolute Gasteiger partial charge is 0.411 e. The summed E-state index contributed by atoms with van der Waals surface area (Å²) in [6, 6.07) is 18.1. The van der Waals surface area contributed by atoms with Crippen molar-refractivity contribution >= 4 is 15.7 Å². The molecule has 1 fully saturated rings. The van der Waals surface area contributed by atoms with Gasteiger partial charge in [0.25, 0.3) is 5.56 Å². The smallest absolute Gasteiger partial charge is 0.275 e. The highest BCUT2D eigenvalue weighted by molar-refractivity contribution is 7.88. The lowest BCUT2D eigenvalue weighted by atomic mass is 9.82. The molecule has 0 radical (unpaired) electrons. The number of aryl methyl sites for hydroxylation is 2. The maximum absolute atomic E-state index is 12.7. The molecule has 4 rings (SSSR count). The predicted molar refractivity (Wildman–Crippen MR) is 140 cm³/mol. The highest BCUT2D eigenvalue weighted by Gasteiger charge is 2.26. The van der Waals surface area contributed by atoms with Crippen molar-refractivity contribution in [1.29, 1.82) is 0 Å². The maximum atomic E-state index is 12.7. The molecule has 1 aromatic heterocycles. The third-order valence-electron chi connectivity index (χ3n) is 7.13. The van der Waals surface area contributed by atoms with Crippen molar-refractivity contribution in [3.05, 3.63) is 99.0 Å². The average Bonchev–Trinajstić information content (AvgIpc) is 2.87. The predicted octanol–water partition coefficient (Wildman–Crippen LogP) is 3.63. The number of piperidine rings is 1. The van der Waals surface area contributed by atoms with E-state index in [-0.39, 0.29) is 11.5 Å². The van der Waals surface area contributed by atoms with E-state index in [2.05, 4.69) is 40.6 Å². The van der Waals surface area contributed by atoms with Gasteiger partial charge in [0.05, 0.1) is 17.5 Å². The van der Waals surface area contributed by atoms with E-state index in [1.807, 2.05) is 25.1 Å². The summed E-state index contributed by atoms with van der Waals surface area (Å²) in [5.74, 6) is 0.180. The number of aromatic nitrogens is 2. The van der Waals surface area contributed by atoms with Gasteiger partial charge in [-0.3, -0.25) is 4.79 Å². The first kappa shape index (κ1) is 25.8. The van der Waals surface area contributed by atoms with Crippen molar-refractivity contribution in [1.82, 2.24) is 14.1 Å². The Labute approximate surface area is 211 Å². The van der Waals surface area contributed by atoms with Gasteiger partial charge in [0.1, 0.15) is 0 Å². The van der Waals surface area contributed by atoms with E-state index in [4.69, 9.17) is 0 Å². The number of benzene rings is 2. The summed E-state index contributed by atoms with van der Waals surface area (Å²) in [6.45, 7) is 3.12. The van der Waals surface area contributed by atoms with Gasteiger partial charge >= 0.3 is 0 Å². The molecule has 2 heterocycles. The van der Waals surface area contributed by atoms with Crippen LogP contribution in [0.2, 0.25) is 0 Å². The first-order chi connectivity index (χ1) is 17.2. The van der Waals surface area contributed by atoms with Crippen LogP contribution in [0.15, 0.2) is 70.7 Å². The molecule has 3 aromatic rings. The molecule has 1 aliphatic heterocycles. The van der Waals surface area contributed by atoms with Gasteiger partial charge in [-0.05, 0) is 54.0 Å². The summed E-state index contributed by atoms with van der Waals surface area (Å²) in [5.41, 5.74) is 4.76. The summed E-state index contributed by atoms with van der Waals surface area (Å²) < 4.78 is 26.5. The van der Waals surface area contributed by atoms with Crippen LogP contribution in [0.1, 0.15) is 58.9 Å². The monoisotopic (exact) mass is 508 g/mol. The average molecular weight is 509 g/mol. The molecule has 0 saturated carbocycles. The number of rotatable bonds is 7. The summed E-state index contributed by atoms with van der Waals surface area (Å²) >= 11 is 0. The Balaban J connectivity index is 1.63. The van der Waals surface area contributed by atoms with Crippen LogP contribution >= 0.6 is 0 Å². The molecule has 1 atom stereocenters. The Morgan fingerprint density at radius 3 is 2.39 bits per heavy atom. The SMILES string of the molecule is Cc1ccccc1[C@H](C/C(=N\O)c1ccnn(C)c1=O)c1ccc(C2CCN(S(C)(=O)=O)CC2)cc1. The van der Waals surface area contributed by atoms with Crippen LogP contribution in [0.5, 0.6) is 0 Å². The number of oxime groups is 1. The first-order valence-electron chi connectivity index (χ1n) is 12.0. The molecule has 0 unspecified atom stereocenters. The van der Waals surface area contributed by atoms with Crippen molar-refractivity contribution < 1.29 is 13.6 Å². The van der Waals surface area contributed by atoms with Crippen molar-refractivity contribution in [2.45, 2.75) is 38.0 Å². The van der Waals surface area contributed by atoms with Crippen molar-refractivity contribution in [2.75, 3.05) is 19.3 Å². The lowest BCUT2D eigenvalue weighted by Gasteiger charge is -2.30. The fraction of sp³-hybridized carbons (Fsp3) is 0.370. The Morgan fingerprint density at radius 2 is 1.78 bits per heavy atom. The fourth-order valence-corrected chi connectivity index (χ4v) is 5.90. The summed E-state index contributed by atoms with van der Waals surface area (Å²) in [6.07, 6.45) is 4.71. The molecule has 0 spiro atoms. The van der Waals surface area contributed by atoms with Crippen LogP contribution in [-0.4, -0.2) is 52.8 Å². The molecule has 0 amide bonds. The van der Waals surface area contributed by atoms with E-state index in [1.54, 1.807) is 17.4 Å². The van der Waals surface area contributed by atoms with E-state index in [0.717, 1.165) is 29.5 Å². The first-order valence-corrected chi connectivity index (χ1v) is 13.9. The second-order valence-corrected chi connectivity index (χ2v) is 11.4. The molecule has 190 valence electrons. The van der Waals surface area contributed by atoms with Crippen LogP contribution in [0.25, 0.3) is 0 Å². The zero-order valence-corrected chi connectivity index (χ0v) is 21.6. The minimum atomic E-state index is -3.15. The molecule has 0 bridgehead atoms. The topological polar surface area (TPSA) is 105 Å². The number of hydrogen-bond acceptors (Lipinski definition) is 6. The molecule has 36 heavy (non-hydrogen) atoms. The second-order valence-electron chi connectivity index (χ2n) is 9.44. The number of nitrogens with zero attached hydrogens (tertiary/aromatic N) is 4. The van der Waals surface area contributed by atoms with Gasteiger partial charge in [0, 0.05) is 38.7 Å². The van der Waals surface area contributed by atoms with Gasteiger partial charge in [-0.15, -0.1) is 0 Å². The van der Waals surface area contributed by atoms with Crippen LogP contribution in [-0.2, 0) is 17.1 Å². The molecular weight excluding hydrogens is 476 g/mol. The Hall–Kier alpha value is -3.30. The van der Waals surface area contributed by atoms with Crippen molar-refractivity contribution in [2.24, 2.45) is 12.2 Å². The van der Waals surface area contributed by atoms with E-state index in [0.29, 0.717) is 36.7 Å². The van der Waals surface area contributed by atoms with Crippen molar-refractivity contribution in [3.63, 3.8) is 0 Å². The molecule has 1 aliphatic rings.